The Morgan fingerprint density at radius 2 is 1.75 bits per heavy atom. The number of hydrogen-bond donors (Lipinski definition) is 3. The molecule has 0 aliphatic carbocycles. The highest BCUT2D eigenvalue weighted by molar-refractivity contribution is 5.96. The highest BCUT2D eigenvalue weighted by atomic mass is 16.5. The average molecular weight is 383 g/mol. The number of carbonyl (C=O) groups excluding carboxylic acids is 3. The van der Waals surface area contributed by atoms with Gasteiger partial charge in [-0.2, -0.15) is 0 Å². The first-order valence-corrected chi connectivity index (χ1v) is 8.94. The van der Waals surface area contributed by atoms with Gasteiger partial charge in [0.2, 0.25) is 0 Å². The molecule has 0 spiro atoms. The number of benzene rings is 2. The highest BCUT2D eigenvalue weighted by Crippen LogP contribution is 2.17. The Bertz CT molecular complexity index is 852. The van der Waals surface area contributed by atoms with E-state index in [-0.39, 0.29) is 6.42 Å². The van der Waals surface area contributed by atoms with Gasteiger partial charge in [0.15, 0.2) is 6.10 Å². The van der Waals surface area contributed by atoms with Crippen LogP contribution in [0, 0.1) is 13.8 Å². The third-order valence-electron chi connectivity index (χ3n) is 4.20. The first kappa shape index (κ1) is 21.0. The van der Waals surface area contributed by atoms with Gasteiger partial charge in [-0.3, -0.25) is 4.79 Å². The van der Waals surface area contributed by atoms with Crippen molar-refractivity contribution < 1.29 is 19.1 Å². The zero-order valence-corrected chi connectivity index (χ0v) is 16.2. The molecule has 0 unspecified atom stereocenters. The van der Waals surface area contributed by atoms with Crippen LogP contribution in [0.1, 0.15) is 23.6 Å². The van der Waals surface area contributed by atoms with Gasteiger partial charge in [-0.25, -0.2) is 9.59 Å². The molecule has 28 heavy (non-hydrogen) atoms. The number of nitrogens with two attached hydrogens (primary N) is 1. The molecule has 2 rings (SSSR count). The van der Waals surface area contributed by atoms with E-state index in [9.17, 15) is 14.4 Å². The fourth-order valence-electron chi connectivity index (χ4n) is 2.63. The van der Waals surface area contributed by atoms with E-state index < -0.39 is 30.1 Å². The molecule has 0 aromatic heterocycles. The summed E-state index contributed by atoms with van der Waals surface area (Å²) < 4.78 is 5.27. The lowest BCUT2D eigenvalue weighted by molar-refractivity contribution is -0.155. The van der Waals surface area contributed by atoms with E-state index in [1.54, 1.807) is 0 Å². The number of anilines is 1. The van der Waals surface area contributed by atoms with Crippen molar-refractivity contribution in [2.24, 2.45) is 5.73 Å². The van der Waals surface area contributed by atoms with Crippen LogP contribution in [0.15, 0.2) is 48.5 Å². The number of aryl methyl sites for hydroxylation is 2. The minimum atomic E-state index is -1.04. The maximum atomic E-state index is 12.5. The molecule has 2 aromatic carbocycles. The molecule has 0 saturated heterocycles. The molecule has 7 nitrogen and oxygen atoms in total. The van der Waals surface area contributed by atoms with Crippen LogP contribution < -0.4 is 16.4 Å². The quantitative estimate of drug-likeness (QED) is 0.638. The van der Waals surface area contributed by atoms with E-state index in [0.717, 1.165) is 16.7 Å². The molecule has 0 radical (unpaired) electrons. The number of carbonyl (C=O) groups is 3. The van der Waals surface area contributed by atoms with Gasteiger partial charge in [0.25, 0.3) is 5.91 Å². The molecule has 0 heterocycles. The van der Waals surface area contributed by atoms with Crippen LogP contribution in [0.5, 0.6) is 0 Å². The zero-order valence-electron chi connectivity index (χ0n) is 16.2. The molecule has 2 atom stereocenters. The molecular weight excluding hydrogens is 358 g/mol. The van der Waals surface area contributed by atoms with Crippen LogP contribution >= 0.6 is 0 Å². The van der Waals surface area contributed by atoms with Crippen LogP contribution in [0.25, 0.3) is 0 Å². The van der Waals surface area contributed by atoms with Crippen LogP contribution in [0.2, 0.25) is 0 Å². The first-order valence-electron chi connectivity index (χ1n) is 8.94. The van der Waals surface area contributed by atoms with Crippen molar-refractivity contribution in [3.63, 3.8) is 0 Å². The molecule has 0 aliphatic rings. The number of rotatable bonds is 7. The summed E-state index contributed by atoms with van der Waals surface area (Å²) in [6, 6.07) is 13.0. The van der Waals surface area contributed by atoms with Crippen LogP contribution in [0.3, 0.4) is 0 Å². The number of hydrogen-bond acceptors (Lipinski definition) is 4. The molecule has 0 saturated carbocycles. The fourth-order valence-corrected chi connectivity index (χ4v) is 2.63. The lowest BCUT2D eigenvalue weighted by atomic mass is 10.1. The molecule has 0 fully saturated rings. The van der Waals surface area contributed by atoms with E-state index in [1.807, 2.05) is 62.4 Å². The molecule has 3 amide bonds. The molecule has 0 aliphatic heterocycles. The van der Waals surface area contributed by atoms with Crippen LogP contribution in [-0.2, 0) is 20.7 Å². The largest absolute Gasteiger partial charge is 0.451 e. The van der Waals surface area contributed by atoms with Gasteiger partial charge in [0.05, 0.1) is 0 Å². The second kappa shape index (κ2) is 9.55. The Hall–Kier alpha value is -3.35. The molecule has 4 N–H and O–H groups in total. The topological polar surface area (TPSA) is 111 Å². The second-order valence-electron chi connectivity index (χ2n) is 6.64. The Kier molecular flexibility index (Phi) is 7.14. The predicted octanol–water partition coefficient (Wildman–Crippen LogP) is 2.45. The lowest BCUT2D eigenvalue weighted by Crippen LogP contribution is -2.47. The van der Waals surface area contributed by atoms with Crippen molar-refractivity contribution in [3.05, 3.63) is 65.2 Å². The summed E-state index contributed by atoms with van der Waals surface area (Å²) in [5.74, 6) is -1.19. The van der Waals surface area contributed by atoms with E-state index in [2.05, 4.69) is 10.6 Å². The standard InChI is InChI=1S/C21H25N3O4/c1-13-9-10-14(2)17(11-13)23-19(25)15(3)28-20(26)18(24-21(22)27)12-16-7-5-4-6-8-16/h4-11,15,18H,12H2,1-3H3,(H,23,25)(H3,22,24,27)/t15-,18+/m1/s1. The summed E-state index contributed by atoms with van der Waals surface area (Å²) in [4.78, 5) is 36.2. The van der Waals surface area contributed by atoms with Crippen molar-refractivity contribution in [2.75, 3.05) is 5.32 Å². The summed E-state index contributed by atoms with van der Waals surface area (Å²) in [5.41, 5.74) is 8.55. The second-order valence-corrected chi connectivity index (χ2v) is 6.64. The van der Waals surface area contributed by atoms with Gasteiger partial charge in [0.1, 0.15) is 6.04 Å². The van der Waals surface area contributed by atoms with E-state index in [4.69, 9.17) is 10.5 Å². The molecule has 0 bridgehead atoms. The van der Waals surface area contributed by atoms with Crippen LogP contribution in [0.4, 0.5) is 10.5 Å². The number of amides is 3. The Morgan fingerprint density at radius 1 is 1.07 bits per heavy atom. The summed E-state index contributed by atoms with van der Waals surface area (Å²) in [5, 5.41) is 5.13. The number of urea groups is 1. The SMILES string of the molecule is Cc1ccc(C)c(NC(=O)[C@@H](C)OC(=O)[C@H](Cc2ccccc2)NC(N)=O)c1. The molecule has 148 valence electrons. The monoisotopic (exact) mass is 383 g/mol. The van der Waals surface area contributed by atoms with Gasteiger partial charge in [-0.1, -0.05) is 42.5 Å². The lowest BCUT2D eigenvalue weighted by Gasteiger charge is -2.20. The van der Waals surface area contributed by atoms with Crippen molar-refractivity contribution in [3.8, 4) is 0 Å². The van der Waals surface area contributed by atoms with E-state index in [0.29, 0.717) is 5.69 Å². The third-order valence-corrected chi connectivity index (χ3v) is 4.20. The molecular formula is C21H25N3O4. The molecule has 2 aromatic rings. The average Bonchev–Trinajstić information content (AvgIpc) is 2.64. The third kappa shape index (κ3) is 6.12. The fraction of sp³-hybridized carbons (Fsp3) is 0.286. The predicted molar refractivity (Wildman–Crippen MR) is 107 cm³/mol. The first-order chi connectivity index (χ1) is 13.3. The Morgan fingerprint density at radius 3 is 2.39 bits per heavy atom. The van der Waals surface area contributed by atoms with Gasteiger partial charge >= 0.3 is 12.0 Å². The zero-order chi connectivity index (χ0) is 20.7. The smallest absolute Gasteiger partial charge is 0.329 e. The number of primary amides is 1. The van der Waals surface area contributed by atoms with Crippen molar-refractivity contribution >= 4 is 23.6 Å². The van der Waals surface area contributed by atoms with Crippen molar-refractivity contribution in [1.82, 2.24) is 5.32 Å². The summed E-state index contributed by atoms with van der Waals surface area (Å²) in [6.45, 7) is 5.27. The minimum Gasteiger partial charge on any atom is -0.451 e. The maximum absolute atomic E-state index is 12.5. The van der Waals surface area contributed by atoms with Gasteiger partial charge in [-0.15, -0.1) is 0 Å². The summed E-state index contributed by atoms with van der Waals surface area (Å²) in [7, 11) is 0. The van der Waals surface area contributed by atoms with Gasteiger partial charge in [-0.05, 0) is 43.5 Å². The number of esters is 1. The van der Waals surface area contributed by atoms with E-state index >= 15 is 0 Å². The number of nitrogens with one attached hydrogen (secondary N) is 2. The molecule has 7 heteroatoms. The van der Waals surface area contributed by atoms with Gasteiger partial charge in [0, 0.05) is 12.1 Å². The number of ether oxygens (including phenoxy) is 1. The highest BCUT2D eigenvalue weighted by Gasteiger charge is 2.26. The summed E-state index contributed by atoms with van der Waals surface area (Å²) in [6.07, 6.45) is -0.839. The van der Waals surface area contributed by atoms with Gasteiger partial charge < -0.3 is 21.1 Å². The van der Waals surface area contributed by atoms with Crippen LogP contribution in [-0.4, -0.2) is 30.1 Å². The van der Waals surface area contributed by atoms with Crippen molar-refractivity contribution in [2.45, 2.75) is 39.3 Å². The van der Waals surface area contributed by atoms with Crippen molar-refractivity contribution in [1.29, 1.82) is 0 Å². The maximum Gasteiger partial charge on any atom is 0.329 e. The Labute approximate surface area is 164 Å². The minimum absolute atomic E-state index is 0.202. The Balaban J connectivity index is 2.03. The summed E-state index contributed by atoms with van der Waals surface area (Å²) >= 11 is 0. The van der Waals surface area contributed by atoms with E-state index in [1.165, 1.54) is 6.92 Å². The normalized spacial score (nSPS) is 12.5.